The fraction of sp³-hybridized carbons (Fsp3) is 0.684. The molecule has 1 aromatic carbocycles. The van der Waals surface area contributed by atoms with E-state index in [0.717, 1.165) is 44.6 Å². The van der Waals surface area contributed by atoms with Gasteiger partial charge in [0.15, 0.2) is 0 Å². The number of halogens is 1. The van der Waals surface area contributed by atoms with Crippen molar-refractivity contribution >= 4 is 20.0 Å². The van der Waals surface area contributed by atoms with Crippen LogP contribution in [0, 0.1) is 11.7 Å². The molecule has 2 aliphatic heterocycles. The van der Waals surface area contributed by atoms with Gasteiger partial charge in [0.1, 0.15) is 5.82 Å². The average Bonchev–Trinajstić information content (AvgIpc) is 2.74. The minimum atomic E-state index is -3.76. The molecule has 0 bridgehead atoms. The largest absolute Gasteiger partial charge is 0.330 e. The number of nitrogens with zero attached hydrogens (tertiary/aromatic N) is 3. The summed E-state index contributed by atoms with van der Waals surface area (Å²) >= 11 is 0. The number of piperidine rings is 1. The van der Waals surface area contributed by atoms with Crippen molar-refractivity contribution in [1.82, 2.24) is 13.5 Å². The lowest BCUT2D eigenvalue weighted by Crippen LogP contribution is -2.51. The van der Waals surface area contributed by atoms with E-state index in [4.69, 9.17) is 5.73 Å². The van der Waals surface area contributed by atoms with Crippen LogP contribution in [0.15, 0.2) is 29.2 Å². The zero-order valence-corrected chi connectivity index (χ0v) is 18.8. The van der Waals surface area contributed by atoms with Crippen LogP contribution in [0.25, 0.3) is 0 Å². The van der Waals surface area contributed by atoms with Crippen molar-refractivity contribution in [2.45, 2.75) is 24.2 Å². The third-order valence-electron chi connectivity index (χ3n) is 5.96. The molecule has 0 aliphatic carbocycles. The summed E-state index contributed by atoms with van der Waals surface area (Å²) in [5.41, 5.74) is 5.70. The monoisotopic (exact) mass is 462 g/mol. The van der Waals surface area contributed by atoms with Gasteiger partial charge in [-0.2, -0.15) is 8.61 Å². The summed E-state index contributed by atoms with van der Waals surface area (Å²) < 4.78 is 66.4. The topological polar surface area (TPSA) is 104 Å². The minimum Gasteiger partial charge on any atom is -0.330 e. The van der Waals surface area contributed by atoms with Gasteiger partial charge in [-0.05, 0) is 75.6 Å². The van der Waals surface area contributed by atoms with E-state index in [2.05, 4.69) is 4.90 Å². The summed E-state index contributed by atoms with van der Waals surface area (Å²) in [4.78, 5) is 2.30. The van der Waals surface area contributed by atoms with Gasteiger partial charge in [-0.15, -0.1) is 0 Å². The normalized spacial score (nSPS) is 21.1. The molecular formula is C19H31FN4O4S2. The number of sulfonamides is 2. The number of hydrogen-bond donors (Lipinski definition) is 1. The van der Waals surface area contributed by atoms with E-state index < -0.39 is 25.9 Å². The van der Waals surface area contributed by atoms with E-state index in [9.17, 15) is 21.2 Å². The number of rotatable bonds is 8. The molecule has 3 rings (SSSR count). The molecule has 2 fully saturated rings. The standard InChI is InChI=1S/C19H31FN4O4S2/c20-18-2-4-19(5-3-18)30(27,28)24-13-11-23(12-14-24)29(25,26)15-1-8-22-9-6-17(16-21)7-10-22/h2-5,17H,1,6-16,21H2. The molecule has 30 heavy (non-hydrogen) atoms. The van der Waals surface area contributed by atoms with Crippen molar-refractivity contribution in [2.75, 3.05) is 58.1 Å². The van der Waals surface area contributed by atoms with Crippen molar-refractivity contribution in [3.05, 3.63) is 30.1 Å². The molecule has 2 saturated heterocycles. The average molecular weight is 463 g/mol. The number of nitrogens with two attached hydrogens (primary N) is 1. The highest BCUT2D eigenvalue weighted by Crippen LogP contribution is 2.20. The Hall–Kier alpha value is -1.11. The second-order valence-corrected chi connectivity index (χ2v) is 12.0. The van der Waals surface area contributed by atoms with Gasteiger partial charge in [0.2, 0.25) is 20.0 Å². The van der Waals surface area contributed by atoms with Gasteiger partial charge < -0.3 is 10.6 Å². The molecular weight excluding hydrogens is 431 g/mol. The highest BCUT2D eigenvalue weighted by molar-refractivity contribution is 7.89. The van der Waals surface area contributed by atoms with Crippen molar-refractivity contribution in [1.29, 1.82) is 0 Å². The Kier molecular flexibility index (Phi) is 7.86. The van der Waals surface area contributed by atoms with E-state index >= 15 is 0 Å². The summed E-state index contributed by atoms with van der Waals surface area (Å²) in [5, 5.41) is 0. The molecule has 0 amide bonds. The molecule has 0 aromatic heterocycles. The van der Waals surface area contributed by atoms with Crippen molar-refractivity contribution < 1.29 is 21.2 Å². The highest BCUT2D eigenvalue weighted by Gasteiger charge is 2.33. The van der Waals surface area contributed by atoms with Crippen molar-refractivity contribution in [3.63, 3.8) is 0 Å². The summed E-state index contributed by atoms with van der Waals surface area (Å²) in [7, 11) is -7.18. The molecule has 0 unspecified atom stereocenters. The van der Waals surface area contributed by atoms with E-state index in [1.165, 1.54) is 20.7 Å². The van der Waals surface area contributed by atoms with Crippen molar-refractivity contribution in [2.24, 2.45) is 11.7 Å². The Bertz CT molecular complexity index is 893. The number of benzene rings is 1. The second-order valence-electron chi connectivity index (χ2n) is 7.95. The lowest BCUT2D eigenvalue weighted by Gasteiger charge is -2.34. The van der Waals surface area contributed by atoms with E-state index in [1.54, 1.807) is 0 Å². The molecule has 0 radical (unpaired) electrons. The van der Waals surface area contributed by atoms with Crippen LogP contribution in [0.3, 0.4) is 0 Å². The van der Waals surface area contributed by atoms with Crippen LogP contribution >= 0.6 is 0 Å². The maximum Gasteiger partial charge on any atom is 0.243 e. The molecule has 0 atom stereocenters. The first-order chi connectivity index (χ1) is 14.2. The SMILES string of the molecule is NCC1CCN(CCCS(=O)(=O)N2CCN(S(=O)(=O)c3ccc(F)cc3)CC2)CC1. The molecule has 2 heterocycles. The van der Waals surface area contributed by atoms with Crippen LogP contribution in [-0.4, -0.2) is 88.5 Å². The fourth-order valence-corrected chi connectivity index (χ4v) is 6.88. The minimum absolute atomic E-state index is 0.0126. The molecule has 0 saturated carbocycles. The van der Waals surface area contributed by atoms with Crippen LogP contribution in [-0.2, 0) is 20.0 Å². The van der Waals surface area contributed by atoms with Crippen LogP contribution < -0.4 is 5.73 Å². The zero-order valence-electron chi connectivity index (χ0n) is 17.1. The van der Waals surface area contributed by atoms with Crippen LogP contribution in [0.5, 0.6) is 0 Å². The Morgan fingerprint density at radius 1 is 0.900 bits per heavy atom. The fourth-order valence-electron chi connectivity index (χ4n) is 3.99. The molecule has 1 aromatic rings. The van der Waals surface area contributed by atoms with Crippen LogP contribution in [0.2, 0.25) is 0 Å². The van der Waals surface area contributed by atoms with Gasteiger partial charge in [0.05, 0.1) is 10.6 Å². The zero-order chi connectivity index (χ0) is 21.8. The first-order valence-corrected chi connectivity index (χ1v) is 13.4. The Morgan fingerprint density at radius 2 is 1.47 bits per heavy atom. The first kappa shape index (κ1) is 23.6. The smallest absolute Gasteiger partial charge is 0.243 e. The maximum absolute atomic E-state index is 13.1. The Balaban J connectivity index is 1.47. The number of likely N-dealkylation sites (tertiary alicyclic amines) is 1. The summed E-state index contributed by atoms with van der Waals surface area (Å²) in [6, 6.07) is 4.66. The summed E-state index contributed by atoms with van der Waals surface area (Å²) in [6.45, 7) is 3.82. The predicted molar refractivity (Wildman–Crippen MR) is 113 cm³/mol. The Morgan fingerprint density at radius 3 is 2.03 bits per heavy atom. The first-order valence-electron chi connectivity index (χ1n) is 10.4. The molecule has 11 heteroatoms. The maximum atomic E-state index is 13.1. The number of piperazine rings is 1. The Labute approximate surface area is 178 Å². The molecule has 0 spiro atoms. The molecule has 2 aliphatic rings. The predicted octanol–water partition coefficient (Wildman–Crippen LogP) is 0.523. The lowest BCUT2D eigenvalue weighted by atomic mass is 9.97. The van der Waals surface area contributed by atoms with Crippen LogP contribution in [0.4, 0.5) is 4.39 Å². The van der Waals surface area contributed by atoms with Crippen molar-refractivity contribution in [3.8, 4) is 0 Å². The van der Waals surface area contributed by atoms with Gasteiger partial charge in [-0.25, -0.2) is 21.2 Å². The second kappa shape index (κ2) is 10.0. The van der Waals surface area contributed by atoms with Gasteiger partial charge in [-0.3, -0.25) is 0 Å². The summed E-state index contributed by atoms with van der Waals surface area (Å²) in [5.74, 6) is 0.134. The van der Waals surface area contributed by atoms with Crippen LogP contribution in [0.1, 0.15) is 19.3 Å². The third-order valence-corrected chi connectivity index (χ3v) is 9.83. The summed E-state index contributed by atoms with van der Waals surface area (Å²) in [6.07, 6.45) is 2.69. The van der Waals surface area contributed by atoms with Gasteiger partial charge >= 0.3 is 0 Å². The van der Waals surface area contributed by atoms with E-state index in [0.29, 0.717) is 18.9 Å². The van der Waals surface area contributed by atoms with E-state index in [1.807, 2.05) is 0 Å². The highest BCUT2D eigenvalue weighted by atomic mass is 32.2. The molecule has 2 N–H and O–H groups in total. The van der Waals surface area contributed by atoms with E-state index in [-0.39, 0.29) is 36.8 Å². The van der Waals surface area contributed by atoms with Gasteiger partial charge in [0, 0.05) is 26.2 Å². The number of hydrogen-bond acceptors (Lipinski definition) is 6. The lowest BCUT2D eigenvalue weighted by molar-refractivity contribution is 0.188. The van der Waals surface area contributed by atoms with Gasteiger partial charge in [0.25, 0.3) is 0 Å². The third kappa shape index (κ3) is 5.77. The molecule has 8 nitrogen and oxygen atoms in total. The quantitative estimate of drug-likeness (QED) is 0.604. The molecule has 170 valence electrons. The van der Waals surface area contributed by atoms with Gasteiger partial charge in [-0.1, -0.05) is 0 Å².